The molecule has 104 valence electrons. The Morgan fingerprint density at radius 3 is 2.42 bits per heavy atom. The molecule has 0 radical (unpaired) electrons. The van der Waals surface area contributed by atoms with Gasteiger partial charge in [-0.05, 0) is 62.1 Å². The molecule has 1 N–H and O–H groups in total. The van der Waals surface area contributed by atoms with E-state index in [1.165, 1.54) is 22.9 Å². The molecule has 0 aromatic heterocycles. The van der Waals surface area contributed by atoms with Crippen molar-refractivity contribution in [3.8, 4) is 0 Å². The highest BCUT2D eigenvalue weighted by atomic mass is 16.5. The number of rotatable bonds is 6. The molecular weight excluding hydrogens is 238 g/mol. The standard InChI is InChI=1S/C16H23NO2/c1-5-9-17-16-12(3)10-14(11-13(16)4)7-8-15(18)19-6-2/h7-8,10-11,17H,5-6,9H2,1-4H3. The third-order valence-corrected chi connectivity index (χ3v) is 2.81. The van der Waals surface area contributed by atoms with Crippen LogP contribution in [-0.4, -0.2) is 19.1 Å². The van der Waals surface area contributed by atoms with Gasteiger partial charge in [0.25, 0.3) is 0 Å². The highest BCUT2D eigenvalue weighted by Gasteiger charge is 2.03. The van der Waals surface area contributed by atoms with Crippen LogP contribution in [0.5, 0.6) is 0 Å². The second-order valence-corrected chi connectivity index (χ2v) is 4.54. The van der Waals surface area contributed by atoms with Gasteiger partial charge in [-0.15, -0.1) is 0 Å². The van der Waals surface area contributed by atoms with Crippen molar-refractivity contribution in [3.63, 3.8) is 0 Å². The fraction of sp³-hybridized carbons (Fsp3) is 0.438. The summed E-state index contributed by atoms with van der Waals surface area (Å²) in [5, 5.41) is 3.43. The summed E-state index contributed by atoms with van der Waals surface area (Å²) in [5.41, 5.74) is 4.59. The molecule has 1 aromatic rings. The minimum absolute atomic E-state index is 0.300. The molecular formula is C16H23NO2. The maximum atomic E-state index is 11.3. The van der Waals surface area contributed by atoms with Crippen molar-refractivity contribution < 1.29 is 9.53 Å². The van der Waals surface area contributed by atoms with Crippen molar-refractivity contribution in [2.45, 2.75) is 34.1 Å². The predicted octanol–water partition coefficient (Wildman–Crippen LogP) is 3.70. The lowest BCUT2D eigenvalue weighted by molar-refractivity contribution is -0.137. The van der Waals surface area contributed by atoms with Gasteiger partial charge in [0.05, 0.1) is 6.61 Å². The zero-order chi connectivity index (χ0) is 14.3. The Kier molecular flexibility index (Phi) is 6.13. The van der Waals surface area contributed by atoms with Crippen LogP contribution in [0.4, 0.5) is 5.69 Å². The Balaban J connectivity index is 2.85. The molecule has 0 saturated heterocycles. The van der Waals surface area contributed by atoms with E-state index in [0.29, 0.717) is 6.61 Å². The number of hydrogen-bond acceptors (Lipinski definition) is 3. The van der Waals surface area contributed by atoms with Crippen molar-refractivity contribution in [2.75, 3.05) is 18.5 Å². The predicted molar refractivity (Wildman–Crippen MR) is 80.4 cm³/mol. The zero-order valence-corrected chi connectivity index (χ0v) is 12.2. The number of hydrogen-bond donors (Lipinski definition) is 1. The molecule has 0 aliphatic heterocycles. The van der Waals surface area contributed by atoms with Crippen LogP contribution in [0, 0.1) is 13.8 Å². The molecule has 1 rings (SSSR count). The maximum Gasteiger partial charge on any atom is 0.330 e. The molecule has 0 unspecified atom stereocenters. The van der Waals surface area contributed by atoms with Gasteiger partial charge < -0.3 is 10.1 Å². The molecule has 0 aliphatic carbocycles. The average Bonchev–Trinajstić information content (AvgIpc) is 2.36. The molecule has 0 bridgehead atoms. The highest BCUT2D eigenvalue weighted by molar-refractivity contribution is 5.87. The van der Waals surface area contributed by atoms with Crippen LogP contribution in [0.15, 0.2) is 18.2 Å². The molecule has 0 fully saturated rings. The minimum atomic E-state index is -0.300. The number of nitrogens with one attached hydrogen (secondary N) is 1. The first kappa shape index (κ1) is 15.3. The van der Waals surface area contributed by atoms with E-state index in [-0.39, 0.29) is 5.97 Å². The average molecular weight is 261 g/mol. The second kappa shape index (κ2) is 7.62. The van der Waals surface area contributed by atoms with Crippen LogP contribution in [0.25, 0.3) is 6.08 Å². The van der Waals surface area contributed by atoms with Crippen LogP contribution < -0.4 is 5.32 Å². The Hall–Kier alpha value is -1.77. The lowest BCUT2D eigenvalue weighted by Gasteiger charge is -2.13. The van der Waals surface area contributed by atoms with E-state index in [9.17, 15) is 4.79 Å². The van der Waals surface area contributed by atoms with Crippen LogP contribution in [-0.2, 0) is 9.53 Å². The summed E-state index contributed by atoms with van der Waals surface area (Å²) in [6, 6.07) is 4.14. The van der Waals surface area contributed by atoms with Crippen molar-refractivity contribution in [1.29, 1.82) is 0 Å². The van der Waals surface area contributed by atoms with Crippen molar-refractivity contribution in [1.82, 2.24) is 0 Å². The summed E-state index contributed by atoms with van der Waals surface area (Å²) in [7, 11) is 0. The second-order valence-electron chi connectivity index (χ2n) is 4.54. The zero-order valence-electron chi connectivity index (χ0n) is 12.2. The molecule has 0 heterocycles. The Labute approximate surface area is 115 Å². The largest absolute Gasteiger partial charge is 0.463 e. The van der Waals surface area contributed by atoms with Crippen molar-refractivity contribution >= 4 is 17.7 Å². The summed E-state index contributed by atoms with van der Waals surface area (Å²) >= 11 is 0. The van der Waals surface area contributed by atoms with E-state index < -0.39 is 0 Å². The Bertz CT molecular complexity index is 441. The maximum absolute atomic E-state index is 11.3. The smallest absolute Gasteiger partial charge is 0.330 e. The number of benzene rings is 1. The van der Waals surface area contributed by atoms with Crippen LogP contribution in [0.3, 0.4) is 0 Å². The normalized spacial score (nSPS) is 10.7. The van der Waals surface area contributed by atoms with E-state index in [1.807, 2.05) is 0 Å². The molecule has 0 atom stereocenters. The number of carbonyl (C=O) groups is 1. The van der Waals surface area contributed by atoms with Gasteiger partial charge in [-0.2, -0.15) is 0 Å². The van der Waals surface area contributed by atoms with Crippen LogP contribution >= 0.6 is 0 Å². The van der Waals surface area contributed by atoms with E-state index >= 15 is 0 Å². The van der Waals surface area contributed by atoms with Gasteiger partial charge in [-0.1, -0.05) is 6.92 Å². The minimum Gasteiger partial charge on any atom is -0.463 e. The summed E-state index contributed by atoms with van der Waals surface area (Å²) in [5.74, 6) is -0.300. The highest BCUT2D eigenvalue weighted by Crippen LogP contribution is 2.22. The molecule has 0 spiro atoms. The summed E-state index contributed by atoms with van der Waals surface area (Å²) in [6.45, 7) is 9.47. The van der Waals surface area contributed by atoms with E-state index in [0.717, 1.165) is 18.5 Å². The van der Waals surface area contributed by atoms with Crippen LogP contribution in [0.2, 0.25) is 0 Å². The van der Waals surface area contributed by atoms with Gasteiger partial charge in [-0.3, -0.25) is 0 Å². The van der Waals surface area contributed by atoms with E-state index in [1.54, 1.807) is 13.0 Å². The quantitative estimate of drug-likeness (QED) is 0.627. The SMILES string of the molecule is CCCNc1c(C)cc(C=CC(=O)OCC)cc1C. The first-order valence-corrected chi connectivity index (χ1v) is 6.78. The fourth-order valence-corrected chi connectivity index (χ4v) is 1.98. The van der Waals surface area contributed by atoms with E-state index in [4.69, 9.17) is 4.74 Å². The molecule has 3 heteroatoms. The molecule has 1 aromatic carbocycles. The number of ether oxygens (including phenoxy) is 1. The monoisotopic (exact) mass is 261 g/mol. The first-order chi connectivity index (χ1) is 9.08. The lowest BCUT2D eigenvalue weighted by Crippen LogP contribution is -2.04. The Morgan fingerprint density at radius 1 is 1.26 bits per heavy atom. The summed E-state index contributed by atoms with van der Waals surface area (Å²) < 4.78 is 4.86. The van der Waals surface area contributed by atoms with Gasteiger partial charge in [0, 0.05) is 18.3 Å². The topological polar surface area (TPSA) is 38.3 Å². The molecule has 19 heavy (non-hydrogen) atoms. The molecule has 0 saturated carbocycles. The number of aryl methyl sites for hydroxylation is 2. The lowest BCUT2D eigenvalue weighted by atomic mass is 10.0. The van der Waals surface area contributed by atoms with Gasteiger partial charge in [0.1, 0.15) is 0 Å². The van der Waals surface area contributed by atoms with Gasteiger partial charge in [-0.25, -0.2) is 4.79 Å². The summed E-state index contributed by atoms with van der Waals surface area (Å²) in [4.78, 5) is 11.3. The fourth-order valence-electron chi connectivity index (χ4n) is 1.98. The third-order valence-electron chi connectivity index (χ3n) is 2.81. The van der Waals surface area contributed by atoms with Crippen molar-refractivity contribution in [3.05, 3.63) is 34.9 Å². The molecule has 3 nitrogen and oxygen atoms in total. The molecule has 0 amide bonds. The van der Waals surface area contributed by atoms with Crippen LogP contribution in [0.1, 0.15) is 37.0 Å². The number of esters is 1. The molecule has 0 aliphatic rings. The van der Waals surface area contributed by atoms with Gasteiger partial charge in [0.15, 0.2) is 0 Å². The summed E-state index contributed by atoms with van der Waals surface area (Å²) in [6.07, 6.45) is 4.36. The first-order valence-electron chi connectivity index (χ1n) is 6.78. The Morgan fingerprint density at radius 2 is 1.89 bits per heavy atom. The van der Waals surface area contributed by atoms with E-state index in [2.05, 4.69) is 38.2 Å². The number of anilines is 1. The van der Waals surface area contributed by atoms with Gasteiger partial charge >= 0.3 is 5.97 Å². The van der Waals surface area contributed by atoms with Gasteiger partial charge in [0.2, 0.25) is 0 Å². The van der Waals surface area contributed by atoms with Crippen molar-refractivity contribution in [2.24, 2.45) is 0 Å². The third kappa shape index (κ3) is 4.78. The number of carbonyl (C=O) groups excluding carboxylic acids is 1.